The van der Waals surface area contributed by atoms with Crippen molar-refractivity contribution in [2.45, 2.75) is 41.5 Å². The summed E-state index contributed by atoms with van der Waals surface area (Å²) in [6, 6.07) is 0. The highest BCUT2D eigenvalue weighted by atomic mass is 13.8. The van der Waals surface area contributed by atoms with E-state index in [2.05, 4.69) is 24.3 Å². The molecular formula is C10H24. The van der Waals surface area contributed by atoms with Gasteiger partial charge in [-0.05, 0) is 6.42 Å². The van der Waals surface area contributed by atoms with Gasteiger partial charge >= 0.3 is 0 Å². The molecule has 0 unspecified atom stereocenters. The summed E-state index contributed by atoms with van der Waals surface area (Å²) >= 11 is 0. The van der Waals surface area contributed by atoms with Crippen molar-refractivity contribution in [2.24, 2.45) is 0 Å². The SMILES string of the molecule is C.C1=CCC=C1.CC.CC.[2HH]. The second-order valence-corrected chi connectivity index (χ2v) is 1.09. The van der Waals surface area contributed by atoms with Crippen LogP contribution in [0.1, 0.15) is 43.0 Å². The van der Waals surface area contributed by atoms with Crippen molar-refractivity contribution >= 4 is 0 Å². The van der Waals surface area contributed by atoms with Gasteiger partial charge in [0.25, 0.3) is 0 Å². The third-order valence-electron chi connectivity index (χ3n) is 0.655. The van der Waals surface area contributed by atoms with Crippen LogP contribution in [0.5, 0.6) is 0 Å². The van der Waals surface area contributed by atoms with Crippen LogP contribution in [0.4, 0.5) is 0 Å². The summed E-state index contributed by atoms with van der Waals surface area (Å²) < 4.78 is 0. The molecule has 0 radical (unpaired) electrons. The summed E-state index contributed by atoms with van der Waals surface area (Å²) in [6.45, 7) is 8.00. The molecule has 1 rings (SSSR count). The summed E-state index contributed by atoms with van der Waals surface area (Å²) in [5.41, 5.74) is 0. The molecule has 0 aliphatic heterocycles. The van der Waals surface area contributed by atoms with Gasteiger partial charge in [0.15, 0.2) is 0 Å². The van der Waals surface area contributed by atoms with Gasteiger partial charge in [0, 0.05) is 1.43 Å². The maximum absolute atomic E-state index is 2.12. The Balaban J connectivity index is -0.0000000369. The molecule has 10 heavy (non-hydrogen) atoms. The number of hydrogen-bond acceptors (Lipinski definition) is 0. The van der Waals surface area contributed by atoms with E-state index in [-0.39, 0.29) is 8.85 Å². The largest absolute Gasteiger partial charge is 0.0808 e. The Morgan fingerprint density at radius 3 is 1.30 bits per heavy atom. The molecule has 0 saturated heterocycles. The fourth-order valence-electron chi connectivity index (χ4n) is 0.393. The summed E-state index contributed by atoms with van der Waals surface area (Å²) in [6.07, 6.45) is 9.50. The molecule has 0 bridgehead atoms. The minimum Gasteiger partial charge on any atom is -0.0808 e. The lowest BCUT2D eigenvalue weighted by atomic mass is 10.5. The van der Waals surface area contributed by atoms with Crippen LogP contribution >= 0.6 is 0 Å². The van der Waals surface area contributed by atoms with Crippen LogP contribution < -0.4 is 0 Å². The zero-order valence-corrected chi connectivity index (χ0v) is 7.02. The zero-order chi connectivity index (χ0) is 7.54. The van der Waals surface area contributed by atoms with Gasteiger partial charge in [0.05, 0.1) is 0 Å². The normalized spacial score (nSPS) is 10.0. The Bertz CT molecular complexity index is 62.9. The number of rotatable bonds is 0. The minimum atomic E-state index is 0. The maximum Gasteiger partial charge on any atom is 0 e. The Morgan fingerprint density at radius 1 is 0.900 bits per heavy atom. The first kappa shape index (κ1) is 16.2. The lowest BCUT2D eigenvalue weighted by Gasteiger charge is -1.57. The quantitative estimate of drug-likeness (QED) is 0.473. The third-order valence-corrected chi connectivity index (χ3v) is 0.655. The highest BCUT2D eigenvalue weighted by molar-refractivity contribution is 5.11. The Hall–Kier alpha value is -0.520. The maximum atomic E-state index is 2.12. The Labute approximate surface area is 68.1 Å². The topological polar surface area (TPSA) is 0 Å². The van der Waals surface area contributed by atoms with E-state index in [1.807, 2.05) is 27.7 Å². The van der Waals surface area contributed by atoms with Crippen molar-refractivity contribution in [3.63, 3.8) is 0 Å². The summed E-state index contributed by atoms with van der Waals surface area (Å²) in [4.78, 5) is 0. The number of allylic oxidation sites excluding steroid dienone is 4. The molecule has 0 nitrogen and oxygen atoms in total. The first-order valence-corrected chi connectivity index (χ1v) is 3.82. The van der Waals surface area contributed by atoms with Crippen molar-refractivity contribution in [3.8, 4) is 0 Å². The van der Waals surface area contributed by atoms with E-state index < -0.39 is 0 Å². The van der Waals surface area contributed by atoms with Crippen LogP contribution in [-0.4, -0.2) is 0 Å². The zero-order valence-electron chi connectivity index (χ0n) is 7.02. The van der Waals surface area contributed by atoms with Crippen LogP contribution in [0, 0.1) is 0 Å². The molecular weight excluding hydrogens is 120 g/mol. The minimum absolute atomic E-state index is 0. The molecule has 0 aromatic heterocycles. The van der Waals surface area contributed by atoms with E-state index in [1.54, 1.807) is 0 Å². The molecule has 0 N–H and O–H groups in total. The predicted octanol–water partition coefficient (Wildman–Crippen LogP) is 4.44. The molecule has 0 heterocycles. The fraction of sp³-hybridized carbons (Fsp3) is 0.600. The Kier molecular flexibility index (Phi) is 38.4. The van der Waals surface area contributed by atoms with Crippen LogP contribution in [-0.2, 0) is 0 Å². The molecule has 1 aliphatic carbocycles. The van der Waals surface area contributed by atoms with Gasteiger partial charge in [-0.3, -0.25) is 0 Å². The van der Waals surface area contributed by atoms with Crippen LogP contribution in [0.25, 0.3) is 0 Å². The third kappa shape index (κ3) is 15.6. The van der Waals surface area contributed by atoms with Crippen molar-refractivity contribution < 1.29 is 1.43 Å². The highest BCUT2D eigenvalue weighted by Crippen LogP contribution is 1.93. The molecule has 0 spiro atoms. The molecule has 0 fully saturated rings. The van der Waals surface area contributed by atoms with Gasteiger partial charge in [-0.2, -0.15) is 0 Å². The van der Waals surface area contributed by atoms with E-state index in [0.717, 1.165) is 6.42 Å². The first-order chi connectivity index (χ1) is 4.50. The molecule has 0 saturated carbocycles. The van der Waals surface area contributed by atoms with Crippen LogP contribution in [0.2, 0.25) is 0 Å². The van der Waals surface area contributed by atoms with E-state index >= 15 is 0 Å². The van der Waals surface area contributed by atoms with Crippen molar-refractivity contribution in [3.05, 3.63) is 24.3 Å². The highest BCUT2D eigenvalue weighted by Gasteiger charge is 1.72. The molecule has 64 valence electrons. The summed E-state index contributed by atoms with van der Waals surface area (Å²) in [7, 11) is 0. The van der Waals surface area contributed by atoms with Crippen LogP contribution in [0.3, 0.4) is 0 Å². The van der Waals surface area contributed by atoms with E-state index in [4.69, 9.17) is 0 Å². The molecule has 0 heteroatoms. The molecule has 0 atom stereocenters. The van der Waals surface area contributed by atoms with Gasteiger partial charge in [0.2, 0.25) is 0 Å². The number of hydrogen-bond donors (Lipinski definition) is 0. The fourth-order valence-corrected chi connectivity index (χ4v) is 0.393. The monoisotopic (exact) mass is 145 g/mol. The second-order valence-electron chi connectivity index (χ2n) is 1.09. The molecule has 0 aromatic rings. The smallest absolute Gasteiger partial charge is 0 e. The van der Waals surface area contributed by atoms with Crippen molar-refractivity contribution in [1.29, 1.82) is 0 Å². The molecule has 1 aliphatic rings. The Morgan fingerprint density at radius 2 is 1.20 bits per heavy atom. The molecule has 0 aromatic carbocycles. The lowest BCUT2D eigenvalue weighted by Crippen LogP contribution is -1.37. The average Bonchev–Trinajstić information content (AvgIpc) is 2.51. The van der Waals surface area contributed by atoms with Gasteiger partial charge in [-0.15, -0.1) is 0 Å². The standard InChI is InChI=1S/C5H6.2C2H6.CH4.H2/c1-2-4-5-3-1;2*1-2;;/h1-4H,5H2;2*1-2H3;1H4;1H/i;;;;1+1. The van der Waals surface area contributed by atoms with Crippen molar-refractivity contribution in [1.82, 2.24) is 0 Å². The second kappa shape index (κ2) is 23.6. The van der Waals surface area contributed by atoms with E-state index in [9.17, 15) is 0 Å². The van der Waals surface area contributed by atoms with Gasteiger partial charge in [-0.1, -0.05) is 59.4 Å². The van der Waals surface area contributed by atoms with Gasteiger partial charge in [0.1, 0.15) is 0 Å². The predicted molar refractivity (Wildman–Crippen MR) is 54.4 cm³/mol. The molecule has 0 amide bonds. The van der Waals surface area contributed by atoms with Gasteiger partial charge < -0.3 is 0 Å². The van der Waals surface area contributed by atoms with Crippen LogP contribution in [0.15, 0.2) is 24.3 Å². The van der Waals surface area contributed by atoms with Gasteiger partial charge in [-0.25, -0.2) is 0 Å². The average molecular weight is 145 g/mol. The lowest BCUT2D eigenvalue weighted by molar-refractivity contribution is 1.45. The van der Waals surface area contributed by atoms with E-state index in [1.165, 1.54) is 0 Å². The van der Waals surface area contributed by atoms with E-state index in [0.29, 0.717) is 0 Å². The summed E-state index contributed by atoms with van der Waals surface area (Å²) in [5, 5.41) is 0. The first-order valence-electron chi connectivity index (χ1n) is 3.82. The van der Waals surface area contributed by atoms with Crippen molar-refractivity contribution in [2.75, 3.05) is 0 Å². The summed E-state index contributed by atoms with van der Waals surface area (Å²) in [5.74, 6) is 0.